The second-order valence-electron chi connectivity index (χ2n) is 0.401. The molecule has 4 N–H and O–H groups in total. The summed E-state index contributed by atoms with van der Waals surface area (Å²) in [7, 11) is 0. The molecule has 17 heteroatoms. The van der Waals surface area contributed by atoms with Gasteiger partial charge in [-0.15, -0.1) is 25.0 Å². The third kappa shape index (κ3) is 667. The summed E-state index contributed by atoms with van der Waals surface area (Å²) in [5.74, 6) is 0. The summed E-state index contributed by atoms with van der Waals surface area (Å²) in [6, 6.07) is 0. The fourth-order valence-electron chi connectivity index (χ4n) is 0. The van der Waals surface area contributed by atoms with E-state index in [9.17, 15) is 0 Å². The van der Waals surface area contributed by atoms with Crippen LogP contribution in [0.5, 0.6) is 0 Å². The van der Waals surface area contributed by atoms with Crippen molar-refractivity contribution in [3.8, 4) is 0 Å². The molecule has 0 fully saturated rings. The average molecular weight is 289 g/mol. The summed E-state index contributed by atoms with van der Waals surface area (Å²) in [6.07, 6.45) is 0. The fourth-order valence-corrected chi connectivity index (χ4v) is 0. The van der Waals surface area contributed by atoms with Crippen LogP contribution >= 0.6 is 0 Å². The Morgan fingerprint density at radius 1 is 0.647 bits per heavy atom. The number of hydrogen-bond donors (Lipinski definition) is 4. The third-order valence-electron chi connectivity index (χ3n) is 0. The summed E-state index contributed by atoms with van der Waals surface area (Å²) >= 11 is 0. The van der Waals surface area contributed by atoms with Crippen molar-refractivity contribution in [3.05, 3.63) is 29.7 Å². The summed E-state index contributed by atoms with van der Waals surface area (Å²) in [5.41, 5.74) is 0. The Morgan fingerprint density at radius 2 is 0.647 bits per heavy atom. The van der Waals surface area contributed by atoms with Crippen LogP contribution in [0.2, 0.25) is 0 Å². The first-order valence-corrected chi connectivity index (χ1v) is 1.90. The Morgan fingerprint density at radius 3 is 0.647 bits per heavy atom. The summed E-state index contributed by atoms with van der Waals surface area (Å²) in [4.78, 5) is 40.4. The van der Waals surface area contributed by atoms with E-state index in [1.807, 2.05) is 0 Å². The summed E-state index contributed by atoms with van der Waals surface area (Å²) in [6.45, 7) is 0. The Kier molecular flexibility index (Phi) is 643. The Hall–Kier alpha value is -1.78. The van der Waals surface area contributed by atoms with Crippen molar-refractivity contribution < 1.29 is 50.4 Å². The second kappa shape index (κ2) is 240. The number of nitrogens with zero attached hydrogens (tertiary/aromatic N) is 5. The SMILES string of the molecule is O=NO.O=NO.O=NO.O=NO.O=N[O-].[Na+].[SiH4]. The molecule has 0 aliphatic carbocycles. The van der Waals surface area contributed by atoms with Crippen molar-refractivity contribution >= 4 is 11.0 Å². The van der Waals surface area contributed by atoms with Gasteiger partial charge in [-0.1, -0.05) is 0 Å². The summed E-state index contributed by atoms with van der Waals surface area (Å²) < 4.78 is 0. The molecule has 0 atom stereocenters. The molecule has 0 amide bonds. The van der Waals surface area contributed by atoms with E-state index in [4.69, 9.17) is 50.6 Å². The van der Waals surface area contributed by atoms with E-state index >= 15 is 0 Å². The van der Waals surface area contributed by atoms with Crippen LogP contribution in [-0.2, 0) is 0 Å². The van der Waals surface area contributed by atoms with E-state index in [1.165, 1.54) is 21.4 Å². The molecule has 0 radical (unpaired) electrons. The normalized spacial score (nSPS) is 3.53. The molecule has 0 aromatic carbocycles. The van der Waals surface area contributed by atoms with Gasteiger partial charge >= 0.3 is 29.6 Å². The van der Waals surface area contributed by atoms with E-state index in [0.29, 0.717) is 0 Å². The van der Waals surface area contributed by atoms with Gasteiger partial charge in [0.2, 0.25) is 0 Å². The quantitative estimate of drug-likeness (QED) is 0.193. The maximum atomic E-state index is 8.11. The zero-order valence-electron chi connectivity index (χ0n) is 7.47. The fraction of sp³-hybridized carbons (Fsp3) is 0. The van der Waals surface area contributed by atoms with E-state index in [2.05, 4.69) is 0 Å². The topological polar surface area (TPSA) is 251 Å². The predicted octanol–water partition coefficient (Wildman–Crippen LogP) is -3.63. The molecule has 0 unspecified atom stereocenters. The van der Waals surface area contributed by atoms with Gasteiger partial charge in [0.05, 0.1) is 0 Å². The second-order valence-corrected chi connectivity index (χ2v) is 0.401. The number of hydrogen-bond acceptors (Lipinski definition) is 11. The standard InChI is InChI=1S/5HNO2.Na.H4Si/c5*2-1-3;;/h5*(H,2,3);;1H4/q;;;;;+1;/p-1. The maximum absolute atomic E-state index is 8.11. The molecule has 15 nitrogen and oxygen atoms in total. The molecule has 0 saturated carbocycles. The van der Waals surface area contributed by atoms with E-state index in [0.717, 1.165) is 5.34 Å². The van der Waals surface area contributed by atoms with Crippen LogP contribution in [0.3, 0.4) is 0 Å². The van der Waals surface area contributed by atoms with Crippen molar-refractivity contribution in [3.63, 3.8) is 0 Å². The minimum absolute atomic E-state index is 0. The molecule has 0 bridgehead atoms. The molecule has 0 aliphatic rings. The molecule has 0 heterocycles. The monoisotopic (exact) mass is 289 g/mol. The first-order valence-electron chi connectivity index (χ1n) is 1.90. The molecule has 98 valence electrons. The largest absolute Gasteiger partial charge is 1.00 e. The molecule has 0 aliphatic heterocycles. The van der Waals surface area contributed by atoms with E-state index in [-0.39, 0.29) is 40.5 Å². The van der Waals surface area contributed by atoms with Gasteiger partial charge in [0.15, 0.2) is 21.4 Å². The van der Waals surface area contributed by atoms with Crippen LogP contribution in [0.25, 0.3) is 0 Å². The minimum Gasteiger partial charge on any atom is -0.444 e. The minimum atomic E-state index is 0. The predicted molar refractivity (Wildman–Crippen MR) is 50.8 cm³/mol. The zero-order valence-corrected chi connectivity index (χ0v) is 9.47. The molecule has 0 aromatic heterocycles. The molecule has 0 saturated heterocycles. The van der Waals surface area contributed by atoms with Gasteiger partial charge < -0.3 is 30.9 Å². The van der Waals surface area contributed by atoms with Crippen LogP contribution < -0.4 is 29.6 Å². The van der Waals surface area contributed by atoms with Gasteiger partial charge in [-0.25, -0.2) is 0 Å². The van der Waals surface area contributed by atoms with Gasteiger partial charge in [0, 0.05) is 0 Å². The van der Waals surface area contributed by atoms with Crippen molar-refractivity contribution in [1.82, 2.24) is 0 Å². The number of rotatable bonds is 0. The molecule has 0 aromatic rings. The molecule has 17 heavy (non-hydrogen) atoms. The first kappa shape index (κ1) is 45.6. The third-order valence-corrected chi connectivity index (χ3v) is 0. The Bertz CT molecular complexity index is 97.0. The Labute approximate surface area is 118 Å². The van der Waals surface area contributed by atoms with Crippen molar-refractivity contribution in [2.24, 2.45) is 26.7 Å². The van der Waals surface area contributed by atoms with Gasteiger partial charge in [0.25, 0.3) is 0 Å². The average Bonchev–Trinajstić information content (AvgIpc) is 2.09. The van der Waals surface area contributed by atoms with E-state index in [1.54, 1.807) is 0 Å². The first-order chi connectivity index (χ1) is 7.07. The summed E-state index contributed by atoms with van der Waals surface area (Å²) in [5, 5.41) is 40.6. The molecule has 0 spiro atoms. The van der Waals surface area contributed by atoms with Crippen molar-refractivity contribution in [2.75, 3.05) is 0 Å². The van der Waals surface area contributed by atoms with Crippen LogP contribution in [0.1, 0.15) is 0 Å². The molecular weight excluding hydrogens is 281 g/mol. The van der Waals surface area contributed by atoms with Crippen molar-refractivity contribution in [1.29, 1.82) is 0 Å². The van der Waals surface area contributed by atoms with Gasteiger partial charge in [0.1, 0.15) is 0 Å². The van der Waals surface area contributed by atoms with Gasteiger partial charge in [-0.3, -0.25) is 0 Å². The smallest absolute Gasteiger partial charge is 0.444 e. The maximum Gasteiger partial charge on any atom is 1.00 e. The van der Waals surface area contributed by atoms with E-state index < -0.39 is 0 Å². The Balaban J connectivity index is -0.0000000143. The molecule has 0 rings (SSSR count). The van der Waals surface area contributed by atoms with Crippen LogP contribution in [0.4, 0.5) is 0 Å². The van der Waals surface area contributed by atoms with Crippen LogP contribution in [-0.4, -0.2) is 31.8 Å². The van der Waals surface area contributed by atoms with Gasteiger partial charge in [-0.2, -0.15) is 0 Å². The van der Waals surface area contributed by atoms with Crippen molar-refractivity contribution in [2.45, 2.75) is 0 Å². The molecular formula is H8N5NaO10Si. The van der Waals surface area contributed by atoms with Crippen LogP contribution in [0, 0.1) is 29.7 Å². The van der Waals surface area contributed by atoms with Crippen LogP contribution in [0.15, 0.2) is 26.7 Å². The zero-order chi connectivity index (χ0) is 13.5. The van der Waals surface area contributed by atoms with Gasteiger partial charge in [-0.05, 0) is 11.0 Å².